The summed E-state index contributed by atoms with van der Waals surface area (Å²) in [5.74, 6) is 0.318. The maximum atomic E-state index is 2.57. The SMILES string of the molecule is CC1(C)c2c(ccc3ccccc23)C(c2ccccc2)c2ccc3sc4cc5c(cc4c3c21)sc1ccc2c(c15)C(C)(C)c1c(ccc3ccccc13)C2c1ccccc1. The lowest BCUT2D eigenvalue weighted by Gasteiger charge is -2.41. The summed E-state index contributed by atoms with van der Waals surface area (Å²) in [6.07, 6.45) is 0. The molecule has 286 valence electrons. The molecule has 9 aromatic carbocycles. The molecule has 0 fully saturated rings. The van der Waals surface area contributed by atoms with E-state index in [0.29, 0.717) is 0 Å². The van der Waals surface area contributed by atoms with Crippen LogP contribution in [0.15, 0.2) is 170 Å². The molecule has 0 saturated heterocycles. The standard InChI is InChI=1S/C58H42S2/c1-57(2)53-37-21-13-11-15-33(37)23-25-39(53)49(35-17-7-5-8-18-35)41-27-29-45-51(55(41)57)43-31-48-44(32-47(43)59-45)52-46(60-48)30-28-42-50(36-19-9-6-10-20-36)40-26-24-34-16-12-14-22-38(34)54(40)58(3,4)56(42)52/h5-32,49-50H,1-4H3. The second-order valence-electron chi connectivity index (χ2n) is 18.3. The van der Waals surface area contributed by atoms with E-state index in [4.69, 9.17) is 0 Å². The van der Waals surface area contributed by atoms with Gasteiger partial charge in [-0.15, -0.1) is 22.7 Å². The second-order valence-corrected chi connectivity index (χ2v) is 20.5. The van der Waals surface area contributed by atoms with E-state index < -0.39 is 0 Å². The minimum atomic E-state index is -0.217. The van der Waals surface area contributed by atoms with Gasteiger partial charge < -0.3 is 0 Å². The molecule has 2 unspecified atom stereocenters. The van der Waals surface area contributed by atoms with Crippen LogP contribution in [0.2, 0.25) is 0 Å². The molecule has 0 spiro atoms. The summed E-state index contributed by atoms with van der Waals surface area (Å²) < 4.78 is 5.50. The topological polar surface area (TPSA) is 0 Å². The van der Waals surface area contributed by atoms with Crippen LogP contribution >= 0.6 is 22.7 Å². The van der Waals surface area contributed by atoms with Crippen LogP contribution in [-0.2, 0) is 10.8 Å². The Bertz CT molecular complexity index is 3360. The molecule has 0 radical (unpaired) electrons. The summed E-state index contributed by atoms with van der Waals surface area (Å²) >= 11 is 3.95. The highest BCUT2D eigenvalue weighted by atomic mass is 32.1. The van der Waals surface area contributed by atoms with Crippen molar-refractivity contribution in [2.75, 3.05) is 0 Å². The van der Waals surface area contributed by atoms with E-state index in [9.17, 15) is 0 Å². The van der Waals surface area contributed by atoms with Gasteiger partial charge >= 0.3 is 0 Å². The number of hydrogen-bond acceptors (Lipinski definition) is 2. The fourth-order valence-corrected chi connectivity index (χ4v) is 14.4. The van der Waals surface area contributed by atoms with Gasteiger partial charge in [0.2, 0.25) is 0 Å². The number of rotatable bonds is 2. The fraction of sp³-hybridized carbons (Fsp3) is 0.138. The summed E-state index contributed by atoms with van der Waals surface area (Å²) in [4.78, 5) is 0. The first-order chi connectivity index (χ1) is 29.3. The zero-order valence-electron chi connectivity index (χ0n) is 34.1. The Morgan fingerprint density at radius 2 is 0.700 bits per heavy atom. The van der Waals surface area contributed by atoms with E-state index in [1.54, 1.807) is 0 Å². The zero-order valence-corrected chi connectivity index (χ0v) is 35.8. The van der Waals surface area contributed by atoms with Crippen molar-refractivity contribution in [3.63, 3.8) is 0 Å². The molecule has 2 aliphatic rings. The first-order valence-corrected chi connectivity index (χ1v) is 23.0. The van der Waals surface area contributed by atoms with E-state index in [0.717, 1.165) is 0 Å². The van der Waals surface area contributed by atoms with E-state index in [-0.39, 0.29) is 22.7 Å². The summed E-state index contributed by atoms with van der Waals surface area (Å²) in [7, 11) is 0. The molecular weight excluding hydrogens is 761 g/mol. The Balaban J connectivity index is 1.11. The molecular formula is C58H42S2. The molecule has 0 N–H and O–H groups in total. The molecule has 2 heterocycles. The largest absolute Gasteiger partial charge is 0.135 e. The van der Waals surface area contributed by atoms with Gasteiger partial charge in [0, 0.05) is 63.0 Å². The Labute approximate surface area is 358 Å². The number of fused-ring (bicyclic) bond motifs is 16. The molecule has 0 nitrogen and oxygen atoms in total. The van der Waals surface area contributed by atoms with E-state index in [2.05, 4.69) is 198 Å². The smallest absolute Gasteiger partial charge is 0.0362 e. The van der Waals surface area contributed by atoms with Crippen LogP contribution < -0.4 is 0 Å². The van der Waals surface area contributed by atoms with Crippen LogP contribution in [0.4, 0.5) is 0 Å². The first kappa shape index (κ1) is 34.8. The van der Waals surface area contributed by atoms with Crippen molar-refractivity contribution < 1.29 is 0 Å². The Morgan fingerprint density at radius 1 is 0.333 bits per heavy atom. The van der Waals surface area contributed by atoms with Crippen LogP contribution in [0.25, 0.3) is 61.9 Å². The molecule has 0 bridgehead atoms. The van der Waals surface area contributed by atoms with Gasteiger partial charge in [0.1, 0.15) is 0 Å². The summed E-state index contributed by atoms with van der Waals surface area (Å²) in [6, 6.07) is 64.9. The quantitative estimate of drug-likeness (QED) is 0.163. The Morgan fingerprint density at radius 3 is 1.13 bits per heavy atom. The third-order valence-corrected chi connectivity index (χ3v) is 16.6. The van der Waals surface area contributed by atoms with Crippen molar-refractivity contribution >= 4 is 84.6 Å². The molecule has 2 aliphatic carbocycles. The van der Waals surface area contributed by atoms with Crippen molar-refractivity contribution in [1.82, 2.24) is 0 Å². The second kappa shape index (κ2) is 12.3. The van der Waals surface area contributed by atoms with Crippen molar-refractivity contribution in [3.8, 4) is 0 Å². The molecule has 0 amide bonds. The Hall–Kier alpha value is -6.06. The lowest BCUT2D eigenvalue weighted by Crippen LogP contribution is -2.30. The van der Waals surface area contributed by atoms with Crippen LogP contribution in [0, 0.1) is 0 Å². The molecule has 60 heavy (non-hydrogen) atoms. The highest BCUT2D eigenvalue weighted by molar-refractivity contribution is 7.27. The minimum Gasteiger partial charge on any atom is -0.135 e. The molecule has 2 atom stereocenters. The van der Waals surface area contributed by atoms with Crippen molar-refractivity contribution in [2.45, 2.75) is 50.4 Å². The summed E-state index contributed by atoms with van der Waals surface area (Å²) in [5, 5.41) is 11.0. The minimum absolute atomic E-state index is 0.159. The molecule has 2 aromatic heterocycles. The third kappa shape index (κ3) is 4.56. The highest BCUT2D eigenvalue weighted by Crippen LogP contribution is 2.58. The van der Waals surface area contributed by atoms with Crippen LogP contribution in [0.5, 0.6) is 0 Å². The van der Waals surface area contributed by atoms with Gasteiger partial charge in [-0.2, -0.15) is 0 Å². The monoisotopic (exact) mass is 802 g/mol. The maximum Gasteiger partial charge on any atom is 0.0362 e. The molecule has 0 saturated carbocycles. The van der Waals surface area contributed by atoms with Gasteiger partial charge in [0.25, 0.3) is 0 Å². The number of benzene rings is 9. The summed E-state index contributed by atoms with van der Waals surface area (Å²) in [6.45, 7) is 9.94. The van der Waals surface area contributed by atoms with E-state index in [1.165, 1.54) is 118 Å². The van der Waals surface area contributed by atoms with Gasteiger partial charge in [0.05, 0.1) is 0 Å². The van der Waals surface area contributed by atoms with Crippen molar-refractivity contribution in [2.24, 2.45) is 0 Å². The normalized spacial score (nSPS) is 17.6. The number of hydrogen-bond donors (Lipinski definition) is 0. The van der Waals surface area contributed by atoms with E-state index >= 15 is 0 Å². The highest BCUT2D eigenvalue weighted by Gasteiger charge is 2.43. The average molecular weight is 803 g/mol. The van der Waals surface area contributed by atoms with Gasteiger partial charge in [-0.1, -0.05) is 173 Å². The third-order valence-electron chi connectivity index (χ3n) is 14.4. The zero-order chi connectivity index (χ0) is 40.1. The lowest BCUT2D eigenvalue weighted by atomic mass is 9.61. The first-order valence-electron chi connectivity index (χ1n) is 21.3. The van der Waals surface area contributed by atoms with Crippen LogP contribution in [0.3, 0.4) is 0 Å². The van der Waals surface area contributed by atoms with Gasteiger partial charge in [-0.05, 0) is 101 Å². The van der Waals surface area contributed by atoms with Crippen molar-refractivity contribution in [1.29, 1.82) is 0 Å². The average Bonchev–Trinajstić information content (AvgIpc) is 3.82. The molecule has 0 aliphatic heterocycles. The van der Waals surface area contributed by atoms with Gasteiger partial charge in [-0.25, -0.2) is 0 Å². The van der Waals surface area contributed by atoms with Crippen LogP contribution in [0.1, 0.15) is 95.2 Å². The lowest BCUT2D eigenvalue weighted by molar-refractivity contribution is 0.610. The van der Waals surface area contributed by atoms with Gasteiger partial charge in [-0.3, -0.25) is 0 Å². The molecule has 2 heteroatoms. The van der Waals surface area contributed by atoms with E-state index in [1.807, 2.05) is 22.7 Å². The fourth-order valence-electron chi connectivity index (χ4n) is 12.1. The Kier molecular flexibility index (Phi) is 7.10. The predicted octanol–water partition coefficient (Wildman–Crippen LogP) is 16.4. The summed E-state index contributed by atoms with van der Waals surface area (Å²) in [5.41, 5.74) is 13.9. The molecule has 11 aromatic rings. The number of thiophene rings is 2. The predicted molar refractivity (Wildman–Crippen MR) is 259 cm³/mol. The van der Waals surface area contributed by atoms with Crippen molar-refractivity contribution in [3.05, 3.63) is 225 Å². The molecule has 13 rings (SSSR count). The maximum absolute atomic E-state index is 2.57. The van der Waals surface area contributed by atoms with Crippen LogP contribution in [-0.4, -0.2) is 0 Å². The van der Waals surface area contributed by atoms with Gasteiger partial charge in [0.15, 0.2) is 0 Å².